The predicted molar refractivity (Wildman–Crippen MR) is 86.1 cm³/mol. The van der Waals surface area contributed by atoms with Crippen LogP contribution in [0.4, 0.5) is 0 Å². The van der Waals surface area contributed by atoms with Crippen LogP contribution >= 0.6 is 0 Å². The zero-order chi connectivity index (χ0) is 16.9. The van der Waals surface area contributed by atoms with E-state index < -0.39 is 11.7 Å². The second-order valence-corrected chi connectivity index (χ2v) is 5.03. The summed E-state index contributed by atoms with van der Waals surface area (Å²) in [6.45, 7) is 3.66. The molecule has 23 heavy (non-hydrogen) atoms. The zero-order valence-electron chi connectivity index (χ0n) is 13.2. The molecule has 5 heteroatoms. The van der Waals surface area contributed by atoms with Crippen LogP contribution in [0.2, 0.25) is 0 Å². The van der Waals surface area contributed by atoms with Gasteiger partial charge >= 0.3 is 0 Å². The number of hydrogen-bond acceptors (Lipinski definition) is 5. The van der Waals surface area contributed by atoms with E-state index >= 15 is 0 Å². The van der Waals surface area contributed by atoms with Gasteiger partial charge in [0, 0.05) is 11.6 Å². The standard InChI is InChI=1S/C18H20O5/c1-4-11-23-18(20)12-15(22-3)9-10-16(18)17(19)13-5-7-14(21-2)8-6-13/h4-10,12,16,20H,1,11H2,2-3H3. The second kappa shape index (κ2) is 7.26. The molecule has 0 spiro atoms. The number of benzene rings is 1. The van der Waals surface area contributed by atoms with Gasteiger partial charge in [0.15, 0.2) is 5.78 Å². The van der Waals surface area contributed by atoms with Gasteiger partial charge in [0.25, 0.3) is 0 Å². The average molecular weight is 316 g/mol. The summed E-state index contributed by atoms with van der Waals surface area (Å²) in [5.41, 5.74) is 0.454. The van der Waals surface area contributed by atoms with Gasteiger partial charge in [-0.05, 0) is 30.3 Å². The highest BCUT2D eigenvalue weighted by Gasteiger charge is 2.42. The molecule has 0 saturated heterocycles. The van der Waals surface area contributed by atoms with Crippen LogP contribution in [-0.2, 0) is 9.47 Å². The van der Waals surface area contributed by atoms with Crippen LogP contribution in [0.25, 0.3) is 0 Å². The van der Waals surface area contributed by atoms with Crippen LogP contribution in [0.5, 0.6) is 5.75 Å². The van der Waals surface area contributed by atoms with E-state index in [1.807, 2.05) is 0 Å². The Morgan fingerprint density at radius 2 is 2.00 bits per heavy atom. The molecule has 1 aromatic carbocycles. The quantitative estimate of drug-likeness (QED) is 0.476. The number of ether oxygens (including phenoxy) is 3. The Balaban J connectivity index is 2.30. The van der Waals surface area contributed by atoms with Gasteiger partial charge in [-0.15, -0.1) is 6.58 Å². The molecule has 0 radical (unpaired) electrons. The molecular formula is C18H20O5. The SMILES string of the molecule is C=CCOC1(O)C=C(OC)C=CC1C(=O)c1ccc(OC)cc1. The maximum absolute atomic E-state index is 12.7. The van der Waals surface area contributed by atoms with Gasteiger partial charge in [0.1, 0.15) is 11.5 Å². The van der Waals surface area contributed by atoms with Crippen molar-refractivity contribution in [3.8, 4) is 5.75 Å². The van der Waals surface area contributed by atoms with Gasteiger partial charge < -0.3 is 19.3 Å². The molecule has 0 fully saturated rings. The fourth-order valence-corrected chi connectivity index (χ4v) is 2.33. The highest BCUT2D eigenvalue weighted by atomic mass is 16.6. The number of methoxy groups -OCH3 is 2. The van der Waals surface area contributed by atoms with Crippen LogP contribution in [0, 0.1) is 5.92 Å². The van der Waals surface area contributed by atoms with E-state index in [1.54, 1.807) is 43.5 Å². The van der Waals surface area contributed by atoms with E-state index in [0.29, 0.717) is 17.1 Å². The minimum atomic E-state index is -1.79. The van der Waals surface area contributed by atoms with Crippen molar-refractivity contribution in [1.29, 1.82) is 0 Å². The summed E-state index contributed by atoms with van der Waals surface area (Å²) in [7, 11) is 3.04. The first-order valence-corrected chi connectivity index (χ1v) is 7.14. The number of hydrogen-bond donors (Lipinski definition) is 1. The maximum atomic E-state index is 12.7. The first kappa shape index (κ1) is 17.0. The Hall–Kier alpha value is -2.37. The number of rotatable bonds is 7. The Labute approximate surface area is 135 Å². The van der Waals surface area contributed by atoms with Crippen LogP contribution in [0.3, 0.4) is 0 Å². The smallest absolute Gasteiger partial charge is 0.203 e. The van der Waals surface area contributed by atoms with E-state index in [0.717, 1.165) is 0 Å². The van der Waals surface area contributed by atoms with Crippen molar-refractivity contribution in [3.05, 3.63) is 66.5 Å². The Bertz CT molecular complexity index is 629. The maximum Gasteiger partial charge on any atom is 0.203 e. The van der Waals surface area contributed by atoms with Crippen molar-refractivity contribution in [3.63, 3.8) is 0 Å². The third kappa shape index (κ3) is 3.70. The van der Waals surface area contributed by atoms with Crippen molar-refractivity contribution in [2.75, 3.05) is 20.8 Å². The van der Waals surface area contributed by atoms with Crippen molar-refractivity contribution >= 4 is 5.78 Å². The molecule has 122 valence electrons. The van der Waals surface area contributed by atoms with Gasteiger partial charge in [-0.3, -0.25) is 4.79 Å². The van der Waals surface area contributed by atoms with Crippen LogP contribution in [0.15, 0.2) is 60.9 Å². The van der Waals surface area contributed by atoms with E-state index in [1.165, 1.54) is 19.3 Å². The van der Waals surface area contributed by atoms with E-state index in [2.05, 4.69) is 6.58 Å². The molecule has 2 rings (SSSR count). The Morgan fingerprint density at radius 1 is 1.30 bits per heavy atom. The lowest BCUT2D eigenvalue weighted by atomic mass is 9.86. The molecule has 0 aromatic heterocycles. The molecule has 5 nitrogen and oxygen atoms in total. The van der Waals surface area contributed by atoms with E-state index in [-0.39, 0.29) is 12.4 Å². The topological polar surface area (TPSA) is 65.0 Å². The number of aliphatic hydroxyl groups is 1. The van der Waals surface area contributed by atoms with Gasteiger partial charge in [-0.25, -0.2) is 0 Å². The highest BCUT2D eigenvalue weighted by molar-refractivity contribution is 6.00. The monoisotopic (exact) mass is 316 g/mol. The fourth-order valence-electron chi connectivity index (χ4n) is 2.33. The van der Waals surface area contributed by atoms with Crippen molar-refractivity contribution in [2.45, 2.75) is 5.79 Å². The minimum absolute atomic E-state index is 0.101. The summed E-state index contributed by atoms with van der Waals surface area (Å²) < 4.78 is 15.6. The lowest BCUT2D eigenvalue weighted by Gasteiger charge is -2.33. The molecule has 0 heterocycles. The Kier molecular flexibility index (Phi) is 5.36. The molecule has 0 amide bonds. The molecule has 0 saturated carbocycles. The average Bonchev–Trinajstić information content (AvgIpc) is 2.59. The molecule has 2 unspecified atom stereocenters. The first-order chi connectivity index (χ1) is 11.0. The number of Topliss-reactive ketones (excluding diaryl/α,β-unsaturated/α-hetero) is 1. The van der Waals surface area contributed by atoms with Crippen LogP contribution < -0.4 is 4.74 Å². The summed E-state index contributed by atoms with van der Waals surface area (Å²) >= 11 is 0. The molecule has 0 aliphatic heterocycles. The third-order valence-corrected chi connectivity index (χ3v) is 3.57. The summed E-state index contributed by atoms with van der Waals surface area (Å²) in [6, 6.07) is 6.69. The van der Waals surface area contributed by atoms with Gasteiger partial charge in [0.05, 0.1) is 26.7 Å². The largest absolute Gasteiger partial charge is 0.497 e. The molecule has 1 aliphatic rings. The molecule has 1 N–H and O–H groups in total. The fraction of sp³-hybridized carbons (Fsp3) is 0.278. The van der Waals surface area contributed by atoms with Gasteiger partial charge in [0.2, 0.25) is 5.79 Å². The van der Waals surface area contributed by atoms with Crippen LogP contribution in [-0.4, -0.2) is 37.5 Å². The predicted octanol–water partition coefficient (Wildman–Crippen LogP) is 2.49. The number of carbonyl (C=O) groups is 1. The molecule has 0 bridgehead atoms. The third-order valence-electron chi connectivity index (χ3n) is 3.57. The van der Waals surface area contributed by atoms with Crippen LogP contribution in [0.1, 0.15) is 10.4 Å². The van der Waals surface area contributed by atoms with E-state index in [9.17, 15) is 9.90 Å². The lowest BCUT2D eigenvalue weighted by Crippen LogP contribution is -2.44. The Morgan fingerprint density at radius 3 is 2.57 bits per heavy atom. The van der Waals surface area contributed by atoms with Gasteiger partial charge in [-0.2, -0.15) is 0 Å². The van der Waals surface area contributed by atoms with Crippen molar-refractivity contribution in [2.24, 2.45) is 5.92 Å². The lowest BCUT2D eigenvalue weighted by molar-refractivity contribution is -0.176. The molecule has 1 aliphatic carbocycles. The summed E-state index contributed by atoms with van der Waals surface area (Å²) in [4.78, 5) is 12.7. The second-order valence-electron chi connectivity index (χ2n) is 5.03. The van der Waals surface area contributed by atoms with E-state index in [4.69, 9.17) is 14.2 Å². The number of ketones is 1. The minimum Gasteiger partial charge on any atom is -0.497 e. The van der Waals surface area contributed by atoms with Gasteiger partial charge in [-0.1, -0.05) is 12.2 Å². The molecule has 2 atom stereocenters. The molecular weight excluding hydrogens is 296 g/mol. The van der Waals surface area contributed by atoms with Crippen molar-refractivity contribution < 1.29 is 24.1 Å². The summed E-state index contributed by atoms with van der Waals surface area (Å²) in [5.74, 6) is -1.85. The number of carbonyl (C=O) groups excluding carboxylic acids is 1. The highest BCUT2D eigenvalue weighted by Crippen LogP contribution is 2.32. The summed E-state index contributed by atoms with van der Waals surface area (Å²) in [6.07, 6.45) is 6.11. The van der Waals surface area contributed by atoms with Crippen molar-refractivity contribution in [1.82, 2.24) is 0 Å². The summed E-state index contributed by atoms with van der Waals surface area (Å²) in [5, 5.41) is 10.8. The first-order valence-electron chi connectivity index (χ1n) is 7.14. The zero-order valence-corrected chi connectivity index (χ0v) is 13.2. The molecule has 1 aromatic rings. The number of allylic oxidation sites excluding steroid dienone is 1. The normalized spacial score (nSPS) is 23.1.